The van der Waals surface area contributed by atoms with Crippen LogP contribution in [0.3, 0.4) is 0 Å². The summed E-state index contributed by atoms with van der Waals surface area (Å²) in [6, 6.07) is 14.3. The Balaban J connectivity index is 1.74. The van der Waals surface area contributed by atoms with E-state index in [1.165, 1.54) is 0 Å². The molecule has 2 atom stereocenters. The highest BCUT2D eigenvalue weighted by Crippen LogP contribution is 2.27. The highest BCUT2D eigenvalue weighted by molar-refractivity contribution is 6.42. The minimum atomic E-state index is -0.545. The van der Waals surface area contributed by atoms with Crippen molar-refractivity contribution in [1.29, 1.82) is 0 Å². The normalized spacial score (nSPS) is 16.6. The lowest BCUT2D eigenvalue weighted by Gasteiger charge is -2.22. The Hall–Kier alpha value is -2.43. The zero-order valence-electron chi connectivity index (χ0n) is 14.0. The van der Waals surface area contributed by atoms with Crippen LogP contribution < -0.4 is 16.0 Å². The molecule has 0 spiro atoms. The van der Waals surface area contributed by atoms with Crippen molar-refractivity contribution >= 4 is 34.8 Å². The van der Waals surface area contributed by atoms with Crippen LogP contribution in [0.2, 0.25) is 10.0 Å². The molecule has 0 aliphatic carbocycles. The first-order chi connectivity index (χ1) is 12.6. The molecule has 2 unspecified atom stereocenters. The van der Waals surface area contributed by atoms with Crippen molar-refractivity contribution in [2.24, 2.45) is 0 Å². The van der Waals surface area contributed by atoms with Gasteiger partial charge in [-0.1, -0.05) is 65.7 Å². The Morgan fingerprint density at radius 3 is 2.58 bits per heavy atom. The van der Waals surface area contributed by atoms with Crippen molar-refractivity contribution in [1.82, 2.24) is 10.6 Å². The molecule has 0 fully saturated rings. The van der Waals surface area contributed by atoms with Crippen molar-refractivity contribution in [3.05, 3.63) is 88.6 Å². The van der Waals surface area contributed by atoms with Gasteiger partial charge in [0.1, 0.15) is 6.04 Å². The van der Waals surface area contributed by atoms with Crippen molar-refractivity contribution in [2.75, 3.05) is 11.9 Å². The van der Waals surface area contributed by atoms with E-state index in [2.05, 4.69) is 16.0 Å². The van der Waals surface area contributed by atoms with Crippen LogP contribution in [0.5, 0.6) is 0 Å². The van der Waals surface area contributed by atoms with E-state index in [1.54, 1.807) is 18.2 Å². The molecule has 134 valence electrons. The van der Waals surface area contributed by atoms with E-state index in [9.17, 15) is 4.79 Å². The summed E-state index contributed by atoms with van der Waals surface area (Å²) in [7, 11) is 0. The van der Waals surface area contributed by atoms with Gasteiger partial charge in [-0.05, 0) is 36.0 Å². The third-order valence-corrected chi connectivity index (χ3v) is 4.72. The van der Waals surface area contributed by atoms with E-state index in [4.69, 9.17) is 23.2 Å². The summed E-state index contributed by atoms with van der Waals surface area (Å²) >= 11 is 12.1. The summed E-state index contributed by atoms with van der Waals surface area (Å²) in [5, 5.41) is 10.3. The van der Waals surface area contributed by atoms with Crippen LogP contribution in [0.1, 0.15) is 11.6 Å². The third kappa shape index (κ3) is 4.81. The third-order valence-electron chi connectivity index (χ3n) is 3.98. The van der Waals surface area contributed by atoms with E-state index in [0.29, 0.717) is 16.6 Å². The number of dihydropyridines is 1. The number of carbonyl (C=O) groups is 1. The van der Waals surface area contributed by atoms with E-state index in [1.807, 2.05) is 54.8 Å². The molecule has 0 saturated heterocycles. The molecule has 2 aromatic carbocycles. The molecule has 3 rings (SSSR count). The van der Waals surface area contributed by atoms with Gasteiger partial charge in [-0.3, -0.25) is 4.79 Å². The molecule has 1 aliphatic rings. The summed E-state index contributed by atoms with van der Waals surface area (Å²) in [5.41, 5.74) is 1.59. The van der Waals surface area contributed by atoms with Gasteiger partial charge >= 0.3 is 0 Å². The fourth-order valence-corrected chi connectivity index (χ4v) is 2.92. The first-order valence-corrected chi connectivity index (χ1v) is 9.03. The number of benzene rings is 2. The molecule has 3 N–H and O–H groups in total. The van der Waals surface area contributed by atoms with Crippen LogP contribution in [-0.4, -0.2) is 18.5 Å². The Kier molecular flexibility index (Phi) is 6.21. The van der Waals surface area contributed by atoms with Crippen molar-refractivity contribution < 1.29 is 4.79 Å². The van der Waals surface area contributed by atoms with Crippen molar-refractivity contribution in [3.8, 4) is 0 Å². The molecule has 0 aromatic heterocycles. The molecular formula is C20H19Cl2N3O. The first kappa shape index (κ1) is 18.4. The second-order valence-corrected chi connectivity index (χ2v) is 6.69. The van der Waals surface area contributed by atoms with Gasteiger partial charge in [-0.15, -0.1) is 0 Å². The van der Waals surface area contributed by atoms with Gasteiger partial charge in [0.2, 0.25) is 5.91 Å². The smallest absolute Gasteiger partial charge is 0.247 e. The maximum Gasteiger partial charge on any atom is 0.247 e. The zero-order valence-corrected chi connectivity index (χ0v) is 15.5. The van der Waals surface area contributed by atoms with Crippen LogP contribution in [0.25, 0.3) is 0 Å². The number of carbonyl (C=O) groups excluding carboxylic acids is 1. The fraction of sp³-hybridized carbons (Fsp3) is 0.150. The fourth-order valence-electron chi connectivity index (χ4n) is 2.63. The number of anilines is 1. The van der Waals surface area contributed by atoms with Gasteiger partial charge in [-0.25, -0.2) is 0 Å². The summed E-state index contributed by atoms with van der Waals surface area (Å²) in [6.07, 6.45) is 7.73. The van der Waals surface area contributed by atoms with Gasteiger partial charge in [-0.2, -0.15) is 0 Å². The molecule has 6 heteroatoms. The highest BCUT2D eigenvalue weighted by Gasteiger charge is 2.21. The maximum absolute atomic E-state index is 12.8. The second-order valence-electron chi connectivity index (χ2n) is 5.88. The summed E-state index contributed by atoms with van der Waals surface area (Å²) < 4.78 is 0. The van der Waals surface area contributed by atoms with Gasteiger partial charge in [0.15, 0.2) is 0 Å². The maximum atomic E-state index is 12.8. The summed E-state index contributed by atoms with van der Waals surface area (Å²) in [6.45, 7) is 0.492. The van der Waals surface area contributed by atoms with Crippen LogP contribution in [0.15, 0.2) is 73.0 Å². The number of allylic oxidation sites excluding steroid dienone is 2. The number of hydrogen-bond donors (Lipinski definition) is 3. The van der Waals surface area contributed by atoms with E-state index in [0.717, 1.165) is 11.3 Å². The topological polar surface area (TPSA) is 53.2 Å². The second kappa shape index (κ2) is 8.79. The molecular weight excluding hydrogens is 369 g/mol. The van der Waals surface area contributed by atoms with Crippen LogP contribution in [0, 0.1) is 0 Å². The Morgan fingerprint density at radius 1 is 1.08 bits per heavy atom. The van der Waals surface area contributed by atoms with Gasteiger partial charge in [0, 0.05) is 12.2 Å². The number of rotatable bonds is 6. The van der Waals surface area contributed by atoms with Crippen molar-refractivity contribution in [3.63, 3.8) is 0 Å². The SMILES string of the molecule is O=C(NCC1C=CC=CN1)C(Nc1ccc(Cl)c(Cl)c1)c1ccccc1. The van der Waals surface area contributed by atoms with E-state index < -0.39 is 6.04 Å². The number of hydrogen-bond acceptors (Lipinski definition) is 3. The summed E-state index contributed by atoms with van der Waals surface area (Å²) in [4.78, 5) is 12.8. The molecule has 1 aliphatic heterocycles. The molecule has 4 nitrogen and oxygen atoms in total. The Morgan fingerprint density at radius 2 is 1.88 bits per heavy atom. The van der Waals surface area contributed by atoms with Crippen LogP contribution in [-0.2, 0) is 4.79 Å². The first-order valence-electron chi connectivity index (χ1n) is 8.27. The zero-order chi connectivity index (χ0) is 18.4. The Bertz CT molecular complexity index is 821. The van der Waals surface area contributed by atoms with Gasteiger partial charge < -0.3 is 16.0 Å². The number of nitrogens with one attached hydrogen (secondary N) is 3. The monoisotopic (exact) mass is 387 g/mol. The number of halogens is 2. The quantitative estimate of drug-likeness (QED) is 0.692. The molecule has 1 heterocycles. The highest BCUT2D eigenvalue weighted by atomic mass is 35.5. The Labute approximate surface area is 162 Å². The molecule has 1 amide bonds. The minimum Gasteiger partial charge on any atom is -0.383 e. The predicted molar refractivity (Wildman–Crippen MR) is 107 cm³/mol. The molecule has 2 aromatic rings. The molecule has 0 radical (unpaired) electrons. The van der Waals surface area contributed by atoms with Crippen LogP contribution in [0.4, 0.5) is 5.69 Å². The van der Waals surface area contributed by atoms with Gasteiger partial charge in [0.25, 0.3) is 0 Å². The minimum absolute atomic E-state index is 0.0744. The average molecular weight is 388 g/mol. The summed E-state index contributed by atoms with van der Waals surface area (Å²) in [5.74, 6) is -0.118. The lowest BCUT2D eigenvalue weighted by atomic mass is 10.1. The molecule has 26 heavy (non-hydrogen) atoms. The van der Waals surface area contributed by atoms with E-state index in [-0.39, 0.29) is 11.9 Å². The molecule has 0 bridgehead atoms. The number of amides is 1. The average Bonchev–Trinajstić information content (AvgIpc) is 2.68. The molecule has 0 saturated carbocycles. The lowest BCUT2D eigenvalue weighted by molar-refractivity contribution is -0.122. The van der Waals surface area contributed by atoms with E-state index >= 15 is 0 Å². The standard InChI is InChI=1S/C20H19Cl2N3O/c21-17-10-9-15(12-18(17)22)25-19(14-6-2-1-3-7-14)20(26)24-13-16-8-4-5-11-23-16/h1-12,16,19,23,25H,13H2,(H,24,26). The van der Waals surface area contributed by atoms with Gasteiger partial charge in [0.05, 0.1) is 16.1 Å². The van der Waals surface area contributed by atoms with Crippen molar-refractivity contribution in [2.45, 2.75) is 12.1 Å². The largest absolute Gasteiger partial charge is 0.383 e. The van der Waals surface area contributed by atoms with Crippen LogP contribution >= 0.6 is 23.2 Å². The lowest BCUT2D eigenvalue weighted by Crippen LogP contribution is -2.41. The predicted octanol–water partition coefficient (Wildman–Crippen LogP) is 4.30.